The van der Waals surface area contributed by atoms with E-state index in [0.717, 1.165) is 29.9 Å². The predicted molar refractivity (Wildman–Crippen MR) is 86.7 cm³/mol. The molecule has 0 unspecified atom stereocenters. The van der Waals surface area contributed by atoms with Gasteiger partial charge in [-0.1, -0.05) is 0 Å². The molecule has 2 fully saturated rings. The van der Waals surface area contributed by atoms with E-state index in [0.29, 0.717) is 18.6 Å². The van der Waals surface area contributed by atoms with Crippen molar-refractivity contribution < 1.29 is 9.53 Å². The number of anilines is 1. The molecule has 6 nitrogen and oxygen atoms in total. The highest BCUT2D eigenvalue weighted by molar-refractivity contribution is 9.10. The van der Waals surface area contributed by atoms with E-state index in [1.807, 2.05) is 20.8 Å². The Morgan fingerprint density at radius 1 is 1.32 bits per heavy atom. The average Bonchev–Trinajstić information content (AvgIpc) is 2.96. The summed E-state index contributed by atoms with van der Waals surface area (Å²) in [5.41, 5.74) is -0.423. The Hall–Kier alpha value is -1.21. The van der Waals surface area contributed by atoms with Crippen molar-refractivity contribution in [3.8, 4) is 0 Å². The molecule has 2 bridgehead atoms. The van der Waals surface area contributed by atoms with Crippen molar-refractivity contribution in [2.45, 2.75) is 44.9 Å². The minimum atomic E-state index is -0.423. The van der Waals surface area contributed by atoms with E-state index in [-0.39, 0.29) is 5.97 Å². The average molecular weight is 369 g/mol. The molecule has 1 aromatic rings. The van der Waals surface area contributed by atoms with Gasteiger partial charge in [-0.2, -0.15) is 0 Å². The molecule has 2 aliphatic rings. The number of rotatable bonds is 3. The molecular formula is C15H21BrN4O2. The third-order valence-electron chi connectivity index (χ3n) is 3.97. The van der Waals surface area contributed by atoms with Gasteiger partial charge in [-0.05, 0) is 43.1 Å². The molecule has 3 rings (SSSR count). The van der Waals surface area contributed by atoms with Gasteiger partial charge in [0.15, 0.2) is 0 Å². The van der Waals surface area contributed by atoms with Crippen molar-refractivity contribution in [2.75, 3.05) is 24.5 Å². The van der Waals surface area contributed by atoms with Crippen LogP contribution in [-0.2, 0) is 9.53 Å². The zero-order valence-electron chi connectivity index (χ0n) is 13.1. The van der Waals surface area contributed by atoms with E-state index in [2.05, 4.69) is 35.7 Å². The number of aromatic nitrogens is 2. The van der Waals surface area contributed by atoms with Crippen LogP contribution in [0.5, 0.6) is 0 Å². The van der Waals surface area contributed by atoms with Crippen molar-refractivity contribution in [1.29, 1.82) is 0 Å². The van der Waals surface area contributed by atoms with Crippen molar-refractivity contribution in [1.82, 2.24) is 14.9 Å². The quantitative estimate of drug-likeness (QED) is 0.758. The number of nitrogens with zero attached hydrogens (tertiary/aromatic N) is 4. The summed E-state index contributed by atoms with van der Waals surface area (Å²) >= 11 is 3.35. The Bertz CT molecular complexity index is 558. The van der Waals surface area contributed by atoms with Gasteiger partial charge in [-0.15, -0.1) is 0 Å². The Kier molecular flexibility index (Phi) is 4.11. The molecule has 2 saturated heterocycles. The van der Waals surface area contributed by atoms with Gasteiger partial charge in [0, 0.05) is 37.6 Å². The van der Waals surface area contributed by atoms with Gasteiger partial charge in [0.1, 0.15) is 5.60 Å². The molecule has 2 aliphatic heterocycles. The molecular weight excluding hydrogens is 348 g/mol. The Balaban J connectivity index is 1.58. The van der Waals surface area contributed by atoms with Crippen molar-refractivity contribution >= 4 is 27.8 Å². The lowest BCUT2D eigenvalue weighted by Gasteiger charge is -2.34. The van der Waals surface area contributed by atoms with Crippen LogP contribution in [0.2, 0.25) is 0 Å². The zero-order valence-corrected chi connectivity index (χ0v) is 14.7. The van der Waals surface area contributed by atoms with E-state index >= 15 is 0 Å². The number of halogens is 1. The fourth-order valence-corrected chi connectivity index (χ4v) is 3.39. The fourth-order valence-electron chi connectivity index (χ4n) is 3.18. The van der Waals surface area contributed by atoms with Crippen molar-refractivity contribution in [2.24, 2.45) is 0 Å². The normalized spacial score (nSPS) is 24.8. The van der Waals surface area contributed by atoms with Gasteiger partial charge in [0.2, 0.25) is 5.95 Å². The summed E-state index contributed by atoms with van der Waals surface area (Å²) in [7, 11) is 0. The molecule has 3 heterocycles. The number of hydrogen-bond acceptors (Lipinski definition) is 6. The predicted octanol–water partition coefficient (Wildman–Crippen LogP) is 1.84. The van der Waals surface area contributed by atoms with Crippen LogP contribution in [0.3, 0.4) is 0 Å². The van der Waals surface area contributed by atoms with Gasteiger partial charge < -0.3 is 9.64 Å². The van der Waals surface area contributed by atoms with Crippen LogP contribution in [-0.4, -0.2) is 58.2 Å². The number of esters is 1. The molecule has 120 valence electrons. The molecule has 0 spiro atoms. The molecule has 0 aromatic carbocycles. The molecule has 0 saturated carbocycles. The first kappa shape index (κ1) is 15.7. The SMILES string of the molecule is CC(C)(C)OC(=O)CN1C[C@@H]2C[C@H]1CN2c1ncc(Br)cn1. The summed E-state index contributed by atoms with van der Waals surface area (Å²) in [6.07, 6.45) is 4.60. The van der Waals surface area contributed by atoms with E-state index in [1.165, 1.54) is 0 Å². The zero-order chi connectivity index (χ0) is 15.9. The second kappa shape index (κ2) is 5.77. The maximum Gasteiger partial charge on any atom is 0.320 e. The number of likely N-dealkylation sites (tertiary alicyclic amines) is 1. The van der Waals surface area contributed by atoms with Crippen LogP contribution in [0.15, 0.2) is 16.9 Å². The largest absolute Gasteiger partial charge is 0.459 e. The van der Waals surface area contributed by atoms with Crippen LogP contribution < -0.4 is 4.90 Å². The molecule has 2 atom stereocenters. The standard InChI is InChI=1S/C15H21BrN4O2/c1-15(2,3)22-13(21)9-19-7-12-4-11(19)8-20(12)14-17-5-10(16)6-18-14/h5-6,11-12H,4,7-9H2,1-3H3/t11-,12-/m0/s1. The molecule has 0 amide bonds. The Labute approximate surface area is 139 Å². The molecule has 0 N–H and O–H groups in total. The Morgan fingerprint density at radius 3 is 2.55 bits per heavy atom. The summed E-state index contributed by atoms with van der Waals surface area (Å²) in [6.45, 7) is 7.79. The second-order valence-electron chi connectivity index (χ2n) is 6.91. The molecule has 7 heteroatoms. The van der Waals surface area contributed by atoms with Crippen LogP contribution in [0.25, 0.3) is 0 Å². The maximum atomic E-state index is 12.0. The first-order valence-electron chi connectivity index (χ1n) is 7.52. The van der Waals surface area contributed by atoms with Crippen LogP contribution in [0.1, 0.15) is 27.2 Å². The fraction of sp³-hybridized carbons (Fsp3) is 0.667. The highest BCUT2D eigenvalue weighted by Gasteiger charge is 2.45. The number of hydrogen-bond donors (Lipinski definition) is 0. The Morgan fingerprint density at radius 2 is 2.00 bits per heavy atom. The smallest absolute Gasteiger partial charge is 0.320 e. The van der Waals surface area contributed by atoms with Crippen LogP contribution >= 0.6 is 15.9 Å². The summed E-state index contributed by atoms with van der Waals surface area (Å²) in [4.78, 5) is 25.2. The summed E-state index contributed by atoms with van der Waals surface area (Å²) in [5, 5.41) is 0. The summed E-state index contributed by atoms with van der Waals surface area (Å²) in [5.74, 6) is 0.624. The van der Waals surface area contributed by atoms with Crippen LogP contribution in [0.4, 0.5) is 5.95 Å². The van der Waals surface area contributed by atoms with Gasteiger partial charge in [-0.3, -0.25) is 9.69 Å². The minimum Gasteiger partial charge on any atom is -0.459 e. The van der Waals surface area contributed by atoms with Crippen molar-refractivity contribution in [3.05, 3.63) is 16.9 Å². The van der Waals surface area contributed by atoms with Gasteiger partial charge in [-0.25, -0.2) is 9.97 Å². The summed E-state index contributed by atoms with van der Waals surface area (Å²) in [6, 6.07) is 0.762. The molecule has 0 aliphatic carbocycles. The first-order chi connectivity index (χ1) is 10.3. The van der Waals surface area contributed by atoms with Gasteiger partial charge in [0.25, 0.3) is 0 Å². The number of carbonyl (C=O) groups is 1. The number of fused-ring (bicyclic) bond motifs is 2. The van der Waals surface area contributed by atoms with Crippen molar-refractivity contribution in [3.63, 3.8) is 0 Å². The third kappa shape index (κ3) is 3.41. The highest BCUT2D eigenvalue weighted by atomic mass is 79.9. The lowest BCUT2D eigenvalue weighted by Crippen LogP contribution is -2.49. The molecule has 1 aromatic heterocycles. The number of ether oxygens (including phenoxy) is 1. The third-order valence-corrected chi connectivity index (χ3v) is 4.38. The second-order valence-corrected chi connectivity index (χ2v) is 7.83. The van der Waals surface area contributed by atoms with Gasteiger partial charge >= 0.3 is 5.97 Å². The maximum absolute atomic E-state index is 12.0. The topological polar surface area (TPSA) is 58.6 Å². The lowest BCUT2D eigenvalue weighted by molar-refractivity contribution is -0.156. The lowest BCUT2D eigenvalue weighted by atomic mass is 10.2. The highest BCUT2D eigenvalue weighted by Crippen LogP contribution is 2.32. The summed E-state index contributed by atoms with van der Waals surface area (Å²) < 4.78 is 6.29. The van der Waals surface area contributed by atoms with E-state index < -0.39 is 5.60 Å². The minimum absolute atomic E-state index is 0.147. The number of carbonyl (C=O) groups excluding carboxylic acids is 1. The van der Waals surface area contributed by atoms with Crippen LogP contribution in [0, 0.1) is 0 Å². The van der Waals surface area contributed by atoms with E-state index in [4.69, 9.17) is 4.74 Å². The van der Waals surface area contributed by atoms with E-state index in [9.17, 15) is 4.79 Å². The van der Waals surface area contributed by atoms with Gasteiger partial charge in [0.05, 0.1) is 11.0 Å². The monoisotopic (exact) mass is 368 g/mol. The number of piperazine rings is 1. The first-order valence-corrected chi connectivity index (χ1v) is 8.31. The molecule has 22 heavy (non-hydrogen) atoms. The molecule has 0 radical (unpaired) electrons. The van der Waals surface area contributed by atoms with E-state index in [1.54, 1.807) is 12.4 Å².